The highest BCUT2D eigenvalue weighted by Crippen LogP contribution is 2.29. The summed E-state index contributed by atoms with van der Waals surface area (Å²) in [5, 5.41) is 13.9. The lowest BCUT2D eigenvalue weighted by molar-refractivity contribution is -0.384. The minimum atomic E-state index is -1.09. The molecule has 0 saturated heterocycles. The van der Waals surface area contributed by atoms with E-state index in [2.05, 4.69) is 15.3 Å². The first-order chi connectivity index (χ1) is 10.0. The highest BCUT2D eigenvalue weighted by Gasteiger charge is 2.20. The van der Waals surface area contributed by atoms with Gasteiger partial charge in [-0.15, -0.1) is 0 Å². The first-order valence-electron chi connectivity index (χ1n) is 6.23. The maximum Gasteiger partial charge on any atom is 0.313 e. The van der Waals surface area contributed by atoms with Crippen molar-refractivity contribution in [3.8, 4) is 11.3 Å². The van der Waals surface area contributed by atoms with E-state index in [1.807, 2.05) is 6.92 Å². The number of nitrogens with one attached hydrogen (secondary N) is 1. The number of benzene rings is 1. The van der Waals surface area contributed by atoms with Crippen molar-refractivity contribution in [3.63, 3.8) is 0 Å². The van der Waals surface area contributed by atoms with Crippen molar-refractivity contribution < 1.29 is 13.7 Å². The molecule has 0 fully saturated rings. The molecule has 21 heavy (non-hydrogen) atoms. The van der Waals surface area contributed by atoms with E-state index in [4.69, 9.17) is 0 Å². The molecule has 0 aliphatic rings. The number of nitro groups is 1. The van der Waals surface area contributed by atoms with Gasteiger partial charge in [0.2, 0.25) is 5.95 Å². The normalized spacial score (nSPS) is 10.4. The Morgan fingerprint density at radius 1 is 1.33 bits per heavy atom. The maximum atomic E-state index is 13.3. The number of halogens is 2. The van der Waals surface area contributed by atoms with Crippen LogP contribution in [0.4, 0.5) is 20.4 Å². The first kappa shape index (κ1) is 14.8. The molecule has 1 N–H and O–H groups in total. The van der Waals surface area contributed by atoms with Gasteiger partial charge in [0, 0.05) is 12.1 Å². The van der Waals surface area contributed by atoms with Gasteiger partial charge in [0.05, 0.1) is 4.92 Å². The summed E-state index contributed by atoms with van der Waals surface area (Å²) < 4.78 is 26.3. The zero-order chi connectivity index (χ0) is 15.4. The zero-order valence-electron chi connectivity index (χ0n) is 11.1. The molecule has 0 radical (unpaired) electrons. The Hall–Kier alpha value is -2.64. The van der Waals surface area contributed by atoms with E-state index in [1.54, 1.807) is 0 Å². The number of rotatable bonds is 5. The summed E-state index contributed by atoms with van der Waals surface area (Å²) in [6.45, 7) is 2.53. The minimum Gasteiger partial charge on any atom is -0.354 e. The lowest BCUT2D eigenvalue weighted by Gasteiger charge is -2.06. The predicted molar refractivity (Wildman–Crippen MR) is 72.8 cm³/mol. The molecule has 2 aromatic rings. The molecule has 1 heterocycles. The summed E-state index contributed by atoms with van der Waals surface area (Å²) in [6.07, 6.45) is 1.86. The van der Waals surface area contributed by atoms with E-state index in [-0.39, 0.29) is 22.9 Å². The summed E-state index contributed by atoms with van der Waals surface area (Å²) in [6, 6.07) is 3.00. The van der Waals surface area contributed by atoms with E-state index < -0.39 is 16.6 Å². The van der Waals surface area contributed by atoms with Crippen LogP contribution in [-0.2, 0) is 0 Å². The van der Waals surface area contributed by atoms with Crippen molar-refractivity contribution in [1.29, 1.82) is 0 Å². The van der Waals surface area contributed by atoms with Gasteiger partial charge in [-0.1, -0.05) is 6.92 Å². The molecule has 0 saturated carbocycles. The molecule has 0 spiro atoms. The Kier molecular flexibility index (Phi) is 4.36. The van der Waals surface area contributed by atoms with Crippen LogP contribution < -0.4 is 5.32 Å². The summed E-state index contributed by atoms with van der Waals surface area (Å²) in [5.74, 6) is -1.93. The Balaban J connectivity index is 2.51. The number of aromatic nitrogens is 2. The molecule has 2 rings (SSSR count). The Morgan fingerprint density at radius 2 is 2.10 bits per heavy atom. The summed E-state index contributed by atoms with van der Waals surface area (Å²) in [7, 11) is 0. The minimum absolute atomic E-state index is 0.0625. The third kappa shape index (κ3) is 3.28. The second-order valence-corrected chi connectivity index (χ2v) is 4.24. The molecule has 1 aromatic carbocycles. The van der Waals surface area contributed by atoms with Gasteiger partial charge in [-0.2, -0.15) is 0 Å². The standard InChI is InChI=1S/C13H12F2N4O2/c1-2-5-16-13-17-7-11(19(20)21)12(18-13)8-3-4-9(14)10(15)6-8/h3-4,6-7H,2,5H2,1H3,(H,16,17,18). The predicted octanol–water partition coefficient (Wildman–Crippen LogP) is 3.15. The van der Waals surface area contributed by atoms with Crippen molar-refractivity contribution >= 4 is 11.6 Å². The lowest BCUT2D eigenvalue weighted by atomic mass is 10.1. The third-order valence-corrected chi connectivity index (χ3v) is 2.69. The molecule has 0 bridgehead atoms. The van der Waals surface area contributed by atoms with Crippen LogP contribution in [0.5, 0.6) is 0 Å². The zero-order valence-corrected chi connectivity index (χ0v) is 11.1. The van der Waals surface area contributed by atoms with Gasteiger partial charge >= 0.3 is 5.69 Å². The Bertz CT molecular complexity index is 679. The van der Waals surface area contributed by atoms with Crippen LogP contribution in [0.15, 0.2) is 24.4 Å². The van der Waals surface area contributed by atoms with Crippen molar-refractivity contribution in [3.05, 3.63) is 46.1 Å². The van der Waals surface area contributed by atoms with Crippen molar-refractivity contribution in [2.75, 3.05) is 11.9 Å². The van der Waals surface area contributed by atoms with E-state index in [0.717, 1.165) is 24.8 Å². The number of hydrogen-bond donors (Lipinski definition) is 1. The second-order valence-electron chi connectivity index (χ2n) is 4.24. The molecule has 1 aromatic heterocycles. The van der Waals surface area contributed by atoms with Crippen LogP contribution in [0.25, 0.3) is 11.3 Å². The maximum absolute atomic E-state index is 13.3. The van der Waals surface area contributed by atoms with Gasteiger partial charge in [0.15, 0.2) is 17.3 Å². The smallest absolute Gasteiger partial charge is 0.313 e. The van der Waals surface area contributed by atoms with Gasteiger partial charge in [-0.25, -0.2) is 18.7 Å². The van der Waals surface area contributed by atoms with E-state index in [1.165, 1.54) is 6.07 Å². The van der Waals surface area contributed by atoms with Crippen LogP contribution >= 0.6 is 0 Å². The van der Waals surface area contributed by atoms with Gasteiger partial charge in [-0.05, 0) is 24.6 Å². The van der Waals surface area contributed by atoms with Crippen LogP contribution in [0, 0.1) is 21.7 Å². The third-order valence-electron chi connectivity index (χ3n) is 2.69. The summed E-state index contributed by atoms with van der Waals surface area (Å²) >= 11 is 0. The molecule has 0 aliphatic carbocycles. The van der Waals surface area contributed by atoms with Crippen LogP contribution in [0.2, 0.25) is 0 Å². The number of hydrogen-bond acceptors (Lipinski definition) is 5. The average molecular weight is 294 g/mol. The second kappa shape index (κ2) is 6.21. The molecule has 110 valence electrons. The Labute approximate surface area is 119 Å². The van der Waals surface area contributed by atoms with Gasteiger partial charge in [-0.3, -0.25) is 10.1 Å². The highest BCUT2D eigenvalue weighted by molar-refractivity contribution is 5.70. The molecule has 0 unspecified atom stereocenters. The van der Waals surface area contributed by atoms with E-state index >= 15 is 0 Å². The fourth-order valence-electron chi connectivity index (χ4n) is 1.69. The monoisotopic (exact) mass is 294 g/mol. The SMILES string of the molecule is CCCNc1ncc([N+](=O)[O-])c(-c2ccc(F)c(F)c2)n1. The number of anilines is 1. The van der Waals surface area contributed by atoms with Crippen molar-refractivity contribution in [2.24, 2.45) is 0 Å². The summed E-state index contributed by atoms with van der Waals surface area (Å²) in [5.41, 5.74) is -0.321. The molecular weight excluding hydrogens is 282 g/mol. The van der Waals surface area contributed by atoms with Crippen molar-refractivity contribution in [1.82, 2.24) is 9.97 Å². The van der Waals surface area contributed by atoms with E-state index in [0.29, 0.717) is 6.54 Å². The van der Waals surface area contributed by atoms with Crippen LogP contribution in [0.3, 0.4) is 0 Å². The molecule has 8 heteroatoms. The molecule has 0 atom stereocenters. The van der Waals surface area contributed by atoms with Gasteiger partial charge in [0.1, 0.15) is 6.20 Å². The molecule has 6 nitrogen and oxygen atoms in total. The molecule has 0 aliphatic heterocycles. The fourth-order valence-corrected chi connectivity index (χ4v) is 1.69. The summed E-state index contributed by atoms with van der Waals surface area (Å²) in [4.78, 5) is 18.2. The highest BCUT2D eigenvalue weighted by atomic mass is 19.2. The number of nitrogens with zero attached hydrogens (tertiary/aromatic N) is 3. The van der Waals surface area contributed by atoms with Crippen LogP contribution in [-0.4, -0.2) is 21.4 Å². The van der Waals surface area contributed by atoms with Crippen LogP contribution in [0.1, 0.15) is 13.3 Å². The molecular formula is C13H12F2N4O2. The fraction of sp³-hybridized carbons (Fsp3) is 0.231. The van der Waals surface area contributed by atoms with E-state index in [9.17, 15) is 18.9 Å². The van der Waals surface area contributed by atoms with Crippen molar-refractivity contribution in [2.45, 2.75) is 13.3 Å². The quantitative estimate of drug-likeness (QED) is 0.676. The Morgan fingerprint density at radius 3 is 2.71 bits per heavy atom. The van der Waals surface area contributed by atoms with Gasteiger partial charge in [0.25, 0.3) is 0 Å². The largest absolute Gasteiger partial charge is 0.354 e. The topological polar surface area (TPSA) is 81.0 Å². The average Bonchev–Trinajstić information content (AvgIpc) is 2.47. The first-order valence-corrected chi connectivity index (χ1v) is 6.23. The van der Waals surface area contributed by atoms with Gasteiger partial charge < -0.3 is 5.32 Å². The lowest BCUT2D eigenvalue weighted by Crippen LogP contribution is -2.06. The molecule has 0 amide bonds.